The van der Waals surface area contributed by atoms with Crippen molar-refractivity contribution >= 4 is 5.91 Å². The highest BCUT2D eigenvalue weighted by molar-refractivity contribution is 5.93. The van der Waals surface area contributed by atoms with Gasteiger partial charge in [-0.2, -0.15) is 0 Å². The van der Waals surface area contributed by atoms with Gasteiger partial charge in [0.1, 0.15) is 12.1 Å². The minimum Gasteiger partial charge on any atom is -0.472 e. The van der Waals surface area contributed by atoms with Crippen LogP contribution in [0, 0.1) is 5.82 Å². The van der Waals surface area contributed by atoms with E-state index >= 15 is 0 Å². The van der Waals surface area contributed by atoms with E-state index in [1.54, 1.807) is 6.07 Å². The largest absolute Gasteiger partial charge is 0.472 e. The molecule has 1 amide bonds. The summed E-state index contributed by atoms with van der Waals surface area (Å²) in [7, 11) is 0. The highest BCUT2D eigenvalue weighted by Crippen LogP contribution is 2.15. The molecule has 0 aliphatic rings. The summed E-state index contributed by atoms with van der Waals surface area (Å²) in [5, 5.41) is 12.3. The Morgan fingerprint density at radius 2 is 2.17 bits per heavy atom. The fraction of sp³-hybridized carbons (Fsp3) is 0.154. The molecule has 0 saturated heterocycles. The van der Waals surface area contributed by atoms with E-state index < -0.39 is 11.9 Å². The molecule has 1 unspecified atom stereocenters. The van der Waals surface area contributed by atoms with Gasteiger partial charge < -0.3 is 14.8 Å². The predicted molar refractivity (Wildman–Crippen MR) is 62.4 cm³/mol. The normalized spacial score (nSPS) is 12.1. The molecule has 94 valence electrons. The Morgan fingerprint density at radius 1 is 1.39 bits per heavy atom. The van der Waals surface area contributed by atoms with Crippen molar-refractivity contribution in [1.82, 2.24) is 5.32 Å². The van der Waals surface area contributed by atoms with Crippen molar-refractivity contribution in [1.29, 1.82) is 0 Å². The molecule has 0 aliphatic carbocycles. The number of carbonyl (C=O) groups is 1. The van der Waals surface area contributed by atoms with Crippen molar-refractivity contribution in [2.45, 2.75) is 6.10 Å². The molecule has 1 aromatic carbocycles. The number of halogens is 1. The maximum Gasteiger partial charge on any atom is 0.254 e. The van der Waals surface area contributed by atoms with Gasteiger partial charge in [0.05, 0.1) is 17.9 Å². The van der Waals surface area contributed by atoms with E-state index in [0.717, 1.165) is 0 Å². The standard InChI is InChI=1S/C13H12FNO3/c14-11-4-2-1-3-10(11)12(16)7-15-13(17)9-5-6-18-8-9/h1-6,8,12,16H,7H2,(H,15,17). The minimum atomic E-state index is -1.08. The third-order valence-corrected chi connectivity index (χ3v) is 2.50. The van der Waals surface area contributed by atoms with E-state index in [4.69, 9.17) is 4.42 Å². The number of nitrogens with one attached hydrogen (secondary N) is 1. The smallest absolute Gasteiger partial charge is 0.254 e. The lowest BCUT2D eigenvalue weighted by molar-refractivity contribution is 0.0913. The zero-order valence-electron chi connectivity index (χ0n) is 9.47. The maximum atomic E-state index is 13.4. The summed E-state index contributed by atoms with van der Waals surface area (Å²) in [6, 6.07) is 7.40. The van der Waals surface area contributed by atoms with Gasteiger partial charge in [-0.1, -0.05) is 18.2 Å². The first-order valence-electron chi connectivity index (χ1n) is 5.41. The Morgan fingerprint density at radius 3 is 2.83 bits per heavy atom. The Kier molecular flexibility index (Phi) is 3.74. The van der Waals surface area contributed by atoms with Crippen molar-refractivity contribution in [2.24, 2.45) is 0 Å². The van der Waals surface area contributed by atoms with Crippen molar-refractivity contribution in [2.75, 3.05) is 6.54 Å². The van der Waals surface area contributed by atoms with Gasteiger partial charge in [0, 0.05) is 12.1 Å². The molecular weight excluding hydrogens is 237 g/mol. The first kappa shape index (κ1) is 12.3. The van der Waals surface area contributed by atoms with Gasteiger partial charge in [-0.25, -0.2) is 4.39 Å². The molecular formula is C13H12FNO3. The summed E-state index contributed by atoms with van der Waals surface area (Å²) in [6.45, 7) is -0.0645. The van der Waals surface area contributed by atoms with Crippen molar-refractivity contribution < 1.29 is 18.7 Å². The molecule has 2 aromatic rings. The number of carbonyl (C=O) groups excluding carboxylic acids is 1. The molecule has 0 aliphatic heterocycles. The van der Waals surface area contributed by atoms with Crippen LogP contribution in [0.5, 0.6) is 0 Å². The lowest BCUT2D eigenvalue weighted by Crippen LogP contribution is -2.28. The lowest BCUT2D eigenvalue weighted by atomic mass is 10.1. The Labute approximate surface area is 103 Å². The summed E-state index contributed by atoms with van der Waals surface area (Å²) in [4.78, 5) is 11.6. The molecule has 2 rings (SSSR count). The number of benzene rings is 1. The summed E-state index contributed by atoms with van der Waals surface area (Å²) < 4.78 is 18.1. The van der Waals surface area contributed by atoms with E-state index in [9.17, 15) is 14.3 Å². The van der Waals surface area contributed by atoms with Crippen LogP contribution in [0.4, 0.5) is 4.39 Å². The van der Waals surface area contributed by atoms with Gasteiger partial charge in [-0.05, 0) is 12.1 Å². The van der Waals surface area contributed by atoms with E-state index in [0.29, 0.717) is 5.56 Å². The summed E-state index contributed by atoms with van der Waals surface area (Å²) in [6.07, 6.45) is 1.59. The number of furan rings is 1. The van der Waals surface area contributed by atoms with Crippen molar-refractivity contribution in [3.05, 3.63) is 59.8 Å². The Hall–Kier alpha value is -2.14. The van der Waals surface area contributed by atoms with Crippen molar-refractivity contribution in [3.8, 4) is 0 Å². The molecule has 18 heavy (non-hydrogen) atoms. The van der Waals surface area contributed by atoms with Gasteiger partial charge in [0.25, 0.3) is 5.91 Å². The van der Waals surface area contributed by atoms with Crippen LogP contribution in [-0.4, -0.2) is 17.6 Å². The van der Waals surface area contributed by atoms with Crippen LogP contribution >= 0.6 is 0 Å². The molecule has 2 N–H and O–H groups in total. The average Bonchev–Trinajstić information content (AvgIpc) is 2.90. The van der Waals surface area contributed by atoms with Gasteiger partial charge in [-0.3, -0.25) is 4.79 Å². The molecule has 0 saturated carbocycles. The number of hydrogen-bond acceptors (Lipinski definition) is 3. The minimum absolute atomic E-state index is 0.0645. The van der Waals surface area contributed by atoms with Crippen LogP contribution in [0.3, 0.4) is 0 Å². The number of hydrogen-bond donors (Lipinski definition) is 2. The van der Waals surface area contributed by atoms with E-state index in [2.05, 4.69) is 5.32 Å². The molecule has 0 fully saturated rings. The van der Waals surface area contributed by atoms with E-state index in [-0.39, 0.29) is 18.0 Å². The number of amides is 1. The molecule has 0 radical (unpaired) electrons. The Bertz CT molecular complexity index is 525. The van der Waals surface area contributed by atoms with Crippen LogP contribution in [0.15, 0.2) is 47.3 Å². The van der Waals surface area contributed by atoms with Gasteiger partial charge in [0.15, 0.2) is 0 Å². The molecule has 0 spiro atoms. The monoisotopic (exact) mass is 249 g/mol. The Balaban J connectivity index is 1.95. The first-order chi connectivity index (χ1) is 8.68. The van der Waals surface area contributed by atoms with Crippen molar-refractivity contribution in [3.63, 3.8) is 0 Å². The van der Waals surface area contributed by atoms with Gasteiger partial charge in [-0.15, -0.1) is 0 Å². The second-order valence-electron chi connectivity index (χ2n) is 3.76. The van der Waals surface area contributed by atoms with E-state index in [1.807, 2.05) is 0 Å². The molecule has 0 bridgehead atoms. The number of aliphatic hydroxyl groups is 1. The predicted octanol–water partition coefficient (Wildman–Crippen LogP) is 1.88. The summed E-state index contributed by atoms with van der Waals surface area (Å²) >= 11 is 0. The highest BCUT2D eigenvalue weighted by Gasteiger charge is 2.14. The SMILES string of the molecule is O=C(NCC(O)c1ccccc1F)c1ccoc1. The quantitative estimate of drug-likeness (QED) is 0.869. The fourth-order valence-electron chi connectivity index (χ4n) is 1.54. The molecule has 4 nitrogen and oxygen atoms in total. The van der Waals surface area contributed by atoms with Gasteiger partial charge >= 0.3 is 0 Å². The first-order valence-corrected chi connectivity index (χ1v) is 5.41. The maximum absolute atomic E-state index is 13.4. The second-order valence-corrected chi connectivity index (χ2v) is 3.76. The molecule has 1 aromatic heterocycles. The summed E-state index contributed by atoms with van der Waals surface area (Å²) in [5.41, 5.74) is 0.515. The lowest BCUT2D eigenvalue weighted by Gasteiger charge is -2.12. The third kappa shape index (κ3) is 2.75. The topological polar surface area (TPSA) is 62.5 Å². The van der Waals surface area contributed by atoms with Gasteiger partial charge in [0.2, 0.25) is 0 Å². The molecule has 1 heterocycles. The van der Waals surface area contributed by atoms with Crippen LogP contribution in [0.25, 0.3) is 0 Å². The van der Waals surface area contributed by atoms with Crippen LogP contribution in [0.2, 0.25) is 0 Å². The second kappa shape index (κ2) is 5.46. The van der Waals surface area contributed by atoms with Crippen LogP contribution in [0.1, 0.15) is 22.0 Å². The average molecular weight is 249 g/mol. The van der Waals surface area contributed by atoms with E-state index in [1.165, 1.54) is 36.8 Å². The molecule has 1 atom stereocenters. The summed E-state index contributed by atoms with van der Waals surface area (Å²) in [5.74, 6) is -0.873. The fourth-order valence-corrected chi connectivity index (χ4v) is 1.54. The zero-order valence-corrected chi connectivity index (χ0v) is 9.47. The zero-order chi connectivity index (χ0) is 13.0. The third-order valence-electron chi connectivity index (χ3n) is 2.50. The molecule has 5 heteroatoms. The van der Waals surface area contributed by atoms with Crippen LogP contribution < -0.4 is 5.32 Å². The highest BCUT2D eigenvalue weighted by atomic mass is 19.1. The number of rotatable bonds is 4. The number of aliphatic hydroxyl groups excluding tert-OH is 1. The van der Waals surface area contributed by atoms with Crippen LogP contribution in [-0.2, 0) is 0 Å².